The van der Waals surface area contributed by atoms with Gasteiger partial charge in [0.2, 0.25) is 5.91 Å². The van der Waals surface area contributed by atoms with Crippen LogP contribution in [0.2, 0.25) is 0 Å². The van der Waals surface area contributed by atoms with Gasteiger partial charge in [0.1, 0.15) is 23.1 Å². The summed E-state index contributed by atoms with van der Waals surface area (Å²) < 4.78 is 86.7. The van der Waals surface area contributed by atoms with Crippen molar-refractivity contribution in [2.75, 3.05) is 0 Å². The lowest BCUT2D eigenvalue weighted by molar-refractivity contribution is -0.274. The number of rotatable bonds is 10. The third kappa shape index (κ3) is 6.82. The van der Waals surface area contributed by atoms with Gasteiger partial charge in [0, 0.05) is 12.6 Å². The third-order valence-electron chi connectivity index (χ3n) is 8.10. The van der Waals surface area contributed by atoms with Gasteiger partial charge in [-0.2, -0.15) is 13.2 Å². The van der Waals surface area contributed by atoms with E-state index in [-0.39, 0.29) is 12.1 Å². The molecule has 14 heteroatoms. The highest BCUT2D eigenvalue weighted by Gasteiger charge is 2.48. The first kappa shape index (κ1) is 32.5. The van der Waals surface area contributed by atoms with Crippen LogP contribution >= 0.6 is 0 Å². The molecule has 2 heterocycles. The number of imidazole rings is 1. The van der Waals surface area contributed by atoms with Gasteiger partial charge >= 0.3 is 12.5 Å². The summed E-state index contributed by atoms with van der Waals surface area (Å²) in [5.41, 5.74) is -0.222. The summed E-state index contributed by atoms with van der Waals surface area (Å²) in [7, 11) is 0. The highest BCUT2D eigenvalue weighted by atomic mass is 19.4. The normalized spacial score (nSPS) is 14.7. The van der Waals surface area contributed by atoms with Crippen molar-refractivity contribution in [1.82, 2.24) is 25.2 Å². The van der Waals surface area contributed by atoms with Crippen LogP contribution in [0.25, 0.3) is 11.2 Å². The molecule has 6 rings (SSSR count). The van der Waals surface area contributed by atoms with Gasteiger partial charge < -0.3 is 19.9 Å². The molecule has 8 nitrogen and oxygen atoms in total. The molecule has 0 bridgehead atoms. The monoisotopic (exact) mass is 667 g/mol. The van der Waals surface area contributed by atoms with Crippen molar-refractivity contribution in [1.29, 1.82) is 0 Å². The van der Waals surface area contributed by atoms with Crippen LogP contribution in [0.5, 0.6) is 5.75 Å². The SMILES string of the molecule is O=C(NC(Cc1ccccc1C(F)(F)F)C(=O)NCc1nc2cccnc2n1C1(c2ccccc2)CC1)c1ccccc1OC(F)(F)F. The maximum atomic E-state index is 13.9. The summed E-state index contributed by atoms with van der Waals surface area (Å²) in [6.07, 6.45) is -7.37. The zero-order valence-electron chi connectivity index (χ0n) is 25.0. The van der Waals surface area contributed by atoms with Crippen molar-refractivity contribution in [3.05, 3.63) is 125 Å². The van der Waals surface area contributed by atoms with Crippen LogP contribution in [0.15, 0.2) is 97.2 Å². The summed E-state index contributed by atoms with van der Waals surface area (Å²) in [6.45, 7) is -0.190. The molecule has 0 spiro atoms. The van der Waals surface area contributed by atoms with Crippen molar-refractivity contribution < 1.29 is 40.7 Å². The number of carbonyl (C=O) groups excluding carboxylic acids is 2. The Morgan fingerprint density at radius 3 is 2.27 bits per heavy atom. The third-order valence-corrected chi connectivity index (χ3v) is 8.10. The van der Waals surface area contributed by atoms with Gasteiger partial charge in [-0.3, -0.25) is 9.59 Å². The Morgan fingerprint density at radius 1 is 0.875 bits per heavy atom. The molecule has 2 amide bonds. The Hall–Kier alpha value is -5.40. The fourth-order valence-electron chi connectivity index (χ4n) is 5.83. The Kier molecular flexibility index (Phi) is 8.58. The number of alkyl halides is 6. The Balaban J connectivity index is 1.32. The van der Waals surface area contributed by atoms with E-state index in [1.54, 1.807) is 18.3 Å². The zero-order chi connectivity index (χ0) is 34.1. The van der Waals surface area contributed by atoms with E-state index < -0.39 is 59.2 Å². The maximum absolute atomic E-state index is 13.9. The summed E-state index contributed by atoms with van der Waals surface area (Å²) >= 11 is 0. The topological polar surface area (TPSA) is 98.1 Å². The summed E-state index contributed by atoms with van der Waals surface area (Å²) in [4.78, 5) is 36.3. The molecule has 5 aromatic rings. The number of halogens is 6. The average molecular weight is 668 g/mol. The molecule has 0 saturated heterocycles. The lowest BCUT2D eigenvalue weighted by atomic mass is 9.98. The van der Waals surface area contributed by atoms with Gasteiger partial charge in [0.25, 0.3) is 5.91 Å². The minimum absolute atomic E-state index is 0.190. The van der Waals surface area contributed by atoms with Crippen molar-refractivity contribution in [3.63, 3.8) is 0 Å². The van der Waals surface area contributed by atoms with Crippen molar-refractivity contribution in [2.24, 2.45) is 0 Å². The van der Waals surface area contributed by atoms with Crippen molar-refractivity contribution in [3.8, 4) is 5.75 Å². The van der Waals surface area contributed by atoms with Gasteiger partial charge in [0.05, 0.1) is 23.2 Å². The highest BCUT2D eigenvalue weighted by molar-refractivity contribution is 5.99. The summed E-state index contributed by atoms with van der Waals surface area (Å²) in [5, 5.41) is 5.01. The molecule has 1 fully saturated rings. The lowest BCUT2D eigenvalue weighted by Gasteiger charge is -2.23. The molecular weight excluding hydrogens is 640 g/mol. The van der Waals surface area contributed by atoms with E-state index in [1.165, 1.54) is 24.3 Å². The number of aromatic nitrogens is 3. The molecule has 2 N–H and O–H groups in total. The molecule has 2 aromatic heterocycles. The average Bonchev–Trinajstić information content (AvgIpc) is 3.76. The Bertz CT molecular complexity index is 1950. The van der Waals surface area contributed by atoms with E-state index in [1.807, 2.05) is 34.9 Å². The smallest absolute Gasteiger partial charge is 0.405 e. The minimum atomic E-state index is -5.13. The van der Waals surface area contributed by atoms with E-state index in [0.717, 1.165) is 42.7 Å². The fourth-order valence-corrected chi connectivity index (χ4v) is 5.83. The molecule has 48 heavy (non-hydrogen) atoms. The van der Waals surface area contributed by atoms with Crippen LogP contribution in [-0.4, -0.2) is 38.8 Å². The van der Waals surface area contributed by atoms with Crippen molar-refractivity contribution >= 4 is 23.0 Å². The first-order valence-electron chi connectivity index (χ1n) is 14.8. The number of hydrogen-bond donors (Lipinski definition) is 2. The number of fused-ring (bicyclic) bond motifs is 1. The van der Waals surface area contributed by atoms with E-state index in [0.29, 0.717) is 17.0 Å². The van der Waals surface area contributed by atoms with Gasteiger partial charge in [0.15, 0.2) is 5.65 Å². The first-order valence-corrected chi connectivity index (χ1v) is 14.8. The predicted octanol–water partition coefficient (Wildman–Crippen LogP) is 6.54. The molecule has 248 valence electrons. The largest absolute Gasteiger partial charge is 0.573 e. The Labute approximate surface area is 269 Å². The summed E-state index contributed by atoms with van der Waals surface area (Å²) in [5.74, 6) is -2.46. The van der Waals surface area contributed by atoms with Crippen LogP contribution in [0.1, 0.15) is 45.7 Å². The fraction of sp³-hybridized carbons (Fsp3) is 0.235. The van der Waals surface area contributed by atoms with Gasteiger partial charge in [-0.15, -0.1) is 13.2 Å². The molecule has 3 aromatic carbocycles. The molecule has 1 unspecified atom stereocenters. The van der Waals surface area contributed by atoms with E-state index in [9.17, 15) is 35.9 Å². The van der Waals surface area contributed by atoms with Crippen molar-refractivity contribution in [2.45, 2.75) is 49.9 Å². The van der Waals surface area contributed by atoms with E-state index in [2.05, 4.69) is 25.3 Å². The number of nitrogens with one attached hydrogen (secondary N) is 2. The predicted molar refractivity (Wildman–Crippen MR) is 162 cm³/mol. The molecule has 1 aliphatic rings. The molecule has 1 saturated carbocycles. The Morgan fingerprint density at radius 2 is 1.56 bits per heavy atom. The van der Waals surface area contributed by atoms with Crippen LogP contribution in [-0.2, 0) is 29.5 Å². The second-order valence-electron chi connectivity index (χ2n) is 11.3. The number of para-hydroxylation sites is 1. The zero-order valence-corrected chi connectivity index (χ0v) is 25.0. The lowest BCUT2D eigenvalue weighted by Crippen LogP contribution is -2.48. The van der Waals surface area contributed by atoms with Crippen LogP contribution in [0, 0.1) is 0 Å². The number of amides is 2. The van der Waals surface area contributed by atoms with Crippen LogP contribution in [0.4, 0.5) is 26.3 Å². The molecular formula is C34H27F6N5O3. The van der Waals surface area contributed by atoms with Crippen LogP contribution in [0.3, 0.4) is 0 Å². The quantitative estimate of drug-likeness (QED) is 0.165. The number of ether oxygens (including phenoxy) is 1. The van der Waals surface area contributed by atoms with Crippen LogP contribution < -0.4 is 15.4 Å². The standard InChI is InChI=1S/C34H27F6N5O3/c35-33(36,37)24-13-6-4-9-21(24)19-26(44-30(46)23-12-5-7-15-27(23)48-34(38,39)40)31(47)42-20-28-43-25-14-8-18-41-29(25)45(28)32(16-17-32)22-10-2-1-3-11-22/h1-15,18,26H,16-17,19-20H2,(H,42,47)(H,44,46). The minimum Gasteiger partial charge on any atom is -0.405 e. The van der Waals surface area contributed by atoms with Gasteiger partial charge in [-0.25, -0.2) is 9.97 Å². The second-order valence-corrected chi connectivity index (χ2v) is 11.3. The number of nitrogens with zero attached hydrogens (tertiary/aromatic N) is 3. The molecule has 1 aliphatic carbocycles. The molecule has 0 radical (unpaired) electrons. The molecule has 0 aliphatic heterocycles. The number of pyridine rings is 1. The second kappa shape index (κ2) is 12.7. The maximum Gasteiger partial charge on any atom is 0.573 e. The number of hydrogen-bond acceptors (Lipinski definition) is 5. The van der Waals surface area contributed by atoms with E-state index in [4.69, 9.17) is 0 Å². The highest BCUT2D eigenvalue weighted by Crippen LogP contribution is 2.51. The number of benzene rings is 3. The first-order chi connectivity index (χ1) is 22.9. The summed E-state index contributed by atoms with van der Waals surface area (Å²) in [6, 6.07) is 20.5. The van der Waals surface area contributed by atoms with Gasteiger partial charge in [-0.05, 0) is 54.3 Å². The van der Waals surface area contributed by atoms with E-state index >= 15 is 0 Å². The molecule has 1 atom stereocenters. The van der Waals surface area contributed by atoms with Gasteiger partial charge in [-0.1, -0.05) is 60.7 Å². The number of carbonyl (C=O) groups is 2.